The van der Waals surface area contributed by atoms with Crippen LogP contribution in [0.3, 0.4) is 0 Å². The SMILES string of the molecule is CC(=O)c1sc(-c2ccc(OCC(=O)NCc3ccc(F)cc3)cc2)nc1C. The highest BCUT2D eigenvalue weighted by atomic mass is 32.1. The summed E-state index contributed by atoms with van der Waals surface area (Å²) < 4.78 is 18.4. The minimum absolute atomic E-state index is 0.00727. The Kier molecular flexibility index (Phi) is 6.16. The molecule has 0 aliphatic heterocycles. The largest absolute Gasteiger partial charge is 0.484 e. The molecule has 28 heavy (non-hydrogen) atoms. The van der Waals surface area contributed by atoms with E-state index in [1.807, 2.05) is 19.1 Å². The Morgan fingerprint density at radius 2 is 1.79 bits per heavy atom. The molecule has 144 valence electrons. The highest BCUT2D eigenvalue weighted by molar-refractivity contribution is 7.17. The molecule has 1 amide bonds. The molecule has 0 spiro atoms. The van der Waals surface area contributed by atoms with Crippen LogP contribution in [0.25, 0.3) is 10.6 Å². The zero-order valence-electron chi connectivity index (χ0n) is 15.5. The third-order valence-electron chi connectivity index (χ3n) is 3.99. The standard InChI is InChI=1S/C21H19FN2O3S/c1-13-20(14(2)25)28-21(24-13)16-5-9-18(10-6-16)27-12-19(26)23-11-15-3-7-17(22)8-4-15/h3-10H,11-12H2,1-2H3,(H,23,26). The van der Waals surface area contributed by atoms with E-state index in [9.17, 15) is 14.0 Å². The van der Waals surface area contributed by atoms with Crippen molar-refractivity contribution in [3.05, 3.63) is 70.5 Å². The average molecular weight is 398 g/mol. The third kappa shape index (κ3) is 5.01. The van der Waals surface area contributed by atoms with Gasteiger partial charge >= 0.3 is 0 Å². The first-order valence-corrected chi connectivity index (χ1v) is 9.47. The van der Waals surface area contributed by atoms with E-state index in [4.69, 9.17) is 4.74 Å². The zero-order valence-corrected chi connectivity index (χ0v) is 16.3. The molecular weight excluding hydrogens is 379 g/mol. The van der Waals surface area contributed by atoms with E-state index in [1.54, 1.807) is 24.3 Å². The Labute approximate surface area is 166 Å². The van der Waals surface area contributed by atoms with Gasteiger partial charge in [0.2, 0.25) is 0 Å². The Morgan fingerprint density at radius 3 is 2.39 bits per heavy atom. The molecule has 0 fully saturated rings. The second-order valence-electron chi connectivity index (χ2n) is 6.21. The summed E-state index contributed by atoms with van der Waals surface area (Å²) in [5.74, 6) is -0.0177. The number of thiazole rings is 1. The monoisotopic (exact) mass is 398 g/mol. The predicted octanol–water partition coefficient (Wildman–Crippen LogP) is 4.16. The first kappa shape index (κ1) is 19.7. The number of halogens is 1. The number of ketones is 1. The van der Waals surface area contributed by atoms with Crippen LogP contribution in [0, 0.1) is 12.7 Å². The van der Waals surface area contributed by atoms with Crippen LogP contribution in [-0.4, -0.2) is 23.3 Å². The van der Waals surface area contributed by atoms with Gasteiger partial charge in [0, 0.05) is 19.0 Å². The molecule has 0 aliphatic carbocycles. The van der Waals surface area contributed by atoms with Crippen molar-refractivity contribution in [2.24, 2.45) is 0 Å². The van der Waals surface area contributed by atoms with Crippen molar-refractivity contribution >= 4 is 23.0 Å². The molecular formula is C21H19FN2O3S. The van der Waals surface area contributed by atoms with Crippen LogP contribution in [0.2, 0.25) is 0 Å². The van der Waals surface area contributed by atoms with Crippen molar-refractivity contribution in [2.75, 3.05) is 6.61 Å². The number of aromatic nitrogens is 1. The average Bonchev–Trinajstić information content (AvgIpc) is 3.08. The molecule has 3 rings (SSSR count). The lowest BCUT2D eigenvalue weighted by atomic mass is 10.2. The normalized spacial score (nSPS) is 10.5. The van der Waals surface area contributed by atoms with Crippen LogP contribution in [0.15, 0.2) is 48.5 Å². The smallest absolute Gasteiger partial charge is 0.258 e. The molecule has 0 aliphatic rings. The number of Topliss-reactive ketones (excluding diaryl/α,β-unsaturated/α-hetero) is 1. The Hall–Kier alpha value is -3.06. The van der Waals surface area contributed by atoms with Gasteiger partial charge in [-0.25, -0.2) is 9.37 Å². The van der Waals surface area contributed by atoms with Crippen molar-refractivity contribution < 1.29 is 18.7 Å². The van der Waals surface area contributed by atoms with Crippen LogP contribution in [0.4, 0.5) is 4.39 Å². The fraction of sp³-hybridized carbons (Fsp3) is 0.190. The van der Waals surface area contributed by atoms with Gasteiger partial charge in [-0.05, 0) is 48.9 Å². The van der Waals surface area contributed by atoms with Gasteiger partial charge in [0.15, 0.2) is 12.4 Å². The fourth-order valence-corrected chi connectivity index (χ4v) is 3.51. The van der Waals surface area contributed by atoms with E-state index in [0.717, 1.165) is 21.8 Å². The van der Waals surface area contributed by atoms with Crippen LogP contribution in [0.1, 0.15) is 27.9 Å². The van der Waals surface area contributed by atoms with E-state index in [-0.39, 0.29) is 24.1 Å². The van der Waals surface area contributed by atoms with Crippen LogP contribution in [0.5, 0.6) is 5.75 Å². The van der Waals surface area contributed by atoms with Gasteiger partial charge < -0.3 is 10.1 Å². The van der Waals surface area contributed by atoms with Gasteiger partial charge in [-0.3, -0.25) is 9.59 Å². The fourth-order valence-electron chi connectivity index (χ4n) is 2.54. The minimum Gasteiger partial charge on any atom is -0.484 e. The van der Waals surface area contributed by atoms with Gasteiger partial charge in [0.25, 0.3) is 5.91 Å². The molecule has 7 heteroatoms. The topological polar surface area (TPSA) is 68.3 Å². The number of rotatable bonds is 7. The van der Waals surface area contributed by atoms with Crippen molar-refractivity contribution in [1.82, 2.24) is 10.3 Å². The van der Waals surface area contributed by atoms with E-state index >= 15 is 0 Å². The number of carbonyl (C=O) groups is 2. The number of hydrogen-bond donors (Lipinski definition) is 1. The number of nitrogens with one attached hydrogen (secondary N) is 1. The van der Waals surface area contributed by atoms with Crippen molar-refractivity contribution in [1.29, 1.82) is 0 Å². The van der Waals surface area contributed by atoms with E-state index in [0.29, 0.717) is 17.2 Å². The number of amides is 1. The van der Waals surface area contributed by atoms with Crippen molar-refractivity contribution in [2.45, 2.75) is 20.4 Å². The number of carbonyl (C=O) groups excluding carboxylic acids is 2. The number of aryl methyl sites for hydroxylation is 1. The van der Waals surface area contributed by atoms with Crippen molar-refractivity contribution in [3.63, 3.8) is 0 Å². The summed E-state index contributed by atoms with van der Waals surface area (Å²) in [6, 6.07) is 13.1. The van der Waals surface area contributed by atoms with Crippen LogP contribution in [-0.2, 0) is 11.3 Å². The second-order valence-corrected chi connectivity index (χ2v) is 7.21. The van der Waals surface area contributed by atoms with E-state index in [1.165, 1.54) is 30.4 Å². The van der Waals surface area contributed by atoms with Gasteiger partial charge in [0.1, 0.15) is 16.6 Å². The summed E-state index contributed by atoms with van der Waals surface area (Å²) in [4.78, 5) is 28.6. The lowest BCUT2D eigenvalue weighted by Crippen LogP contribution is -2.28. The lowest BCUT2D eigenvalue weighted by Gasteiger charge is -2.08. The zero-order chi connectivity index (χ0) is 20.1. The summed E-state index contributed by atoms with van der Waals surface area (Å²) in [6.07, 6.45) is 0. The Balaban J connectivity index is 1.52. The van der Waals surface area contributed by atoms with Crippen LogP contribution < -0.4 is 10.1 Å². The highest BCUT2D eigenvalue weighted by Crippen LogP contribution is 2.29. The lowest BCUT2D eigenvalue weighted by molar-refractivity contribution is -0.123. The first-order chi connectivity index (χ1) is 13.4. The number of ether oxygens (including phenoxy) is 1. The van der Waals surface area contributed by atoms with Gasteiger partial charge in [-0.2, -0.15) is 0 Å². The van der Waals surface area contributed by atoms with E-state index < -0.39 is 0 Å². The quantitative estimate of drug-likeness (QED) is 0.607. The van der Waals surface area contributed by atoms with Crippen molar-refractivity contribution in [3.8, 4) is 16.3 Å². The summed E-state index contributed by atoms with van der Waals surface area (Å²) >= 11 is 1.36. The maximum Gasteiger partial charge on any atom is 0.258 e. The molecule has 1 heterocycles. The summed E-state index contributed by atoms with van der Waals surface area (Å²) in [5, 5.41) is 3.49. The molecule has 0 bridgehead atoms. The predicted molar refractivity (Wildman–Crippen MR) is 106 cm³/mol. The molecule has 0 unspecified atom stereocenters. The maximum absolute atomic E-state index is 12.9. The number of nitrogens with zero attached hydrogens (tertiary/aromatic N) is 1. The number of benzene rings is 2. The first-order valence-electron chi connectivity index (χ1n) is 8.65. The Morgan fingerprint density at radius 1 is 1.11 bits per heavy atom. The molecule has 2 aromatic carbocycles. The summed E-state index contributed by atoms with van der Waals surface area (Å²) in [5.41, 5.74) is 2.42. The second kappa shape index (κ2) is 8.75. The highest BCUT2D eigenvalue weighted by Gasteiger charge is 2.13. The molecule has 0 saturated heterocycles. The third-order valence-corrected chi connectivity index (χ3v) is 5.30. The summed E-state index contributed by atoms with van der Waals surface area (Å²) in [6.45, 7) is 3.54. The molecule has 5 nitrogen and oxygen atoms in total. The van der Waals surface area contributed by atoms with Crippen LogP contribution >= 0.6 is 11.3 Å². The molecule has 1 aromatic heterocycles. The molecule has 0 radical (unpaired) electrons. The molecule has 0 atom stereocenters. The Bertz CT molecular complexity index is 982. The maximum atomic E-state index is 12.9. The van der Waals surface area contributed by atoms with Gasteiger partial charge in [-0.15, -0.1) is 11.3 Å². The van der Waals surface area contributed by atoms with Gasteiger partial charge in [0.05, 0.1) is 10.6 Å². The van der Waals surface area contributed by atoms with E-state index in [2.05, 4.69) is 10.3 Å². The minimum atomic E-state index is -0.313. The molecule has 3 aromatic rings. The van der Waals surface area contributed by atoms with Gasteiger partial charge in [-0.1, -0.05) is 12.1 Å². The summed E-state index contributed by atoms with van der Waals surface area (Å²) in [7, 11) is 0. The molecule has 1 N–H and O–H groups in total. The molecule has 0 saturated carbocycles. The number of hydrogen-bond acceptors (Lipinski definition) is 5.